The first-order valence-electron chi connectivity index (χ1n) is 6.78. The van der Waals surface area contributed by atoms with Crippen molar-refractivity contribution in [3.63, 3.8) is 0 Å². The number of aliphatic hydroxyl groups is 1. The largest absolute Gasteiger partial charge is 0.485 e. The lowest BCUT2D eigenvalue weighted by atomic mass is 10.1. The predicted octanol–water partition coefficient (Wildman–Crippen LogP) is 2.20. The Hall–Kier alpha value is -2.27. The Balaban J connectivity index is 1.98. The fourth-order valence-corrected chi connectivity index (χ4v) is 2.00. The topological polar surface area (TPSA) is 71.7 Å². The molecule has 5 nitrogen and oxygen atoms in total. The molecule has 112 valence electrons. The SMILES string of the molecule is Cc1cccc(C)c1OCc1ccc(C(=O)NCCO)o1. The van der Waals surface area contributed by atoms with E-state index in [2.05, 4.69) is 5.32 Å². The van der Waals surface area contributed by atoms with E-state index < -0.39 is 0 Å². The molecule has 1 amide bonds. The van der Waals surface area contributed by atoms with Gasteiger partial charge in [-0.1, -0.05) is 18.2 Å². The van der Waals surface area contributed by atoms with Crippen LogP contribution in [-0.4, -0.2) is 24.2 Å². The summed E-state index contributed by atoms with van der Waals surface area (Å²) < 4.78 is 11.2. The standard InChI is InChI=1S/C16H19NO4/c1-11-4-3-5-12(2)15(11)20-10-13-6-7-14(21-13)16(19)17-8-9-18/h3-7,18H,8-10H2,1-2H3,(H,17,19). The summed E-state index contributed by atoms with van der Waals surface area (Å²) in [5, 5.41) is 11.2. The van der Waals surface area contributed by atoms with Gasteiger partial charge in [-0.3, -0.25) is 4.79 Å². The number of aryl methyl sites for hydroxylation is 2. The van der Waals surface area contributed by atoms with Gasteiger partial charge in [0.25, 0.3) is 5.91 Å². The van der Waals surface area contributed by atoms with Gasteiger partial charge in [-0.2, -0.15) is 0 Å². The molecule has 0 unspecified atom stereocenters. The third-order valence-electron chi connectivity index (χ3n) is 3.05. The number of benzene rings is 1. The number of hydrogen-bond acceptors (Lipinski definition) is 4. The van der Waals surface area contributed by atoms with Gasteiger partial charge in [0, 0.05) is 6.54 Å². The van der Waals surface area contributed by atoms with Crippen molar-refractivity contribution in [3.05, 3.63) is 53.0 Å². The molecule has 1 aromatic carbocycles. The normalized spacial score (nSPS) is 10.4. The van der Waals surface area contributed by atoms with Crippen molar-refractivity contribution in [1.82, 2.24) is 5.32 Å². The molecule has 2 rings (SSSR count). The van der Waals surface area contributed by atoms with E-state index in [1.165, 1.54) is 0 Å². The van der Waals surface area contributed by atoms with Gasteiger partial charge in [-0.25, -0.2) is 0 Å². The summed E-state index contributed by atoms with van der Waals surface area (Å²) in [6.07, 6.45) is 0. The first-order valence-corrected chi connectivity index (χ1v) is 6.78. The molecular formula is C16H19NO4. The Kier molecular flexibility index (Phi) is 5.00. The van der Waals surface area contributed by atoms with Crippen molar-refractivity contribution in [2.75, 3.05) is 13.2 Å². The van der Waals surface area contributed by atoms with Crippen LogP contribution >= 0.6 is 0 Å². The van der Waals surface area contributed by atoms with Crippen molar-refractivity contribution in [2.24, 2.45) is 0 Å². The average molecular weight is 289 g/mol. The van der Waals surface area contributed by atoms with E-state index in [1.807, 2.05) is 32.0 Å². The fraction of sp³-hybridized carbons (Fsp3) is 0.312. The number of ether oxygens (including phenoxy) is 1. The first kappa shape index (κ1) is 15.1. The molecule has 0 bridgehead atoms. The second-order valence-electron chi connectivity index (χ2n) is 4.76. The lowest BCUT2D eigenvalue weighted by Crippen LogP contribution is -2.25. The van der Waals surface area contributed by atoms with Crippen LogP contribution in [0.25, 0.3) is 0 Å². The van der Waals surface area contributed by atoms with Crippen molar-refractivity contribution >= 4 is 5.91 Å². The number of para-hydroxylation sites is 1. The Morgan fingerprint density at radius 1 is 1.24 bits per heavy atom. The van der Waals surface area contributed by atoms with E-state index >= 15 is 0 Å². The summed E-state index contributed by atoms with van der Waals surface area (Å²) in [5.41, 5.74) is 2.12. The first-order chi connectivity index (χ1) is 10.1. The maximum atomic E-state index is 11.6. The monoisotopic (exact) mass is 289 g/mol. The maximum Gasteiger partial charge on any atom is 0.287 e. The summed E-state index contributed by atoms with van der Waals surface area (Å²) in [6, 6.07) is 9.25. The molecule has 2 N–H and O–H groups in total. The molecule has 0 aliphatic heterocycles. The second kappa shape index (κ2) is 6.95. The van der Waals surface area contributed by atoms with Crippen molar-refractivity contribution < 1.29 is 19.1 Å². The highest BCUT2D eigenvalue weighted by Gasteiger charge is 2.11. The molecule has 0 radical (unpaired) electrons. The third-order valence-corrected chi connectivity index (χ3v) is 3.05. The summed E-state index contributed by atoms with van der Waals surface area (Å²) in [6.45, 7) is 4.33. The van der Waals surface area contributed by atoms with Gasteiger partial charge in [0.05, 0.1) is 6.61 Å². The Labute approximate surface area is 123 Å². The lowest BCUT2D eigenvalue weighted by molar-refractivity contribution is 0.0913. The lowest BCUT2D eigenvalue weighted by Gasteiger charge is -2.10. The zero-order valence-electron chi connectivity index (χ0n) is 12.2. The minimum absolute atomic E-state index is 0.102. The molecule has 21 heavy (non-hydrogen) atoms. The number of amides is 1. The minimum Gasteiger partial charge on any atom is -0.485 e. The van der Waals surface area contributed by atoms with Crippen LogP contribution in [0.4, 0.5) is 0 Å². The van der Waals surface area contributed by atoms with Gasteiger partial charge in [-0.05, 0) is 37.1 Å². The fourth-order valence-electron chi connectivity index (χ4n) is 2.00. The van der Waals surface area contributed by atoms with Crippen LogP contribution in [0.2, 0.25) is 0 Å². The number of nitrogens with one attached hydrogen (secondary N) is 1. The van der Waals surface area contributed by atoms with E-state index in [0.29, 0.717) is 5.76 Å². The van der Waals surface area contributed by atoms with Crippen LogP contribution in [0.5, 0.6) is 5.75 Å². The summed E-state index contributed by atoms with van der Waals surface area (Å²) in [7, 11) is 0. The van der Waals surface area contributed by atoms with Gasteiger partial charge >= 0.3 is 0 Å². The number of aliphatic hydroxyl groups excluding tert-OH is 1. The molecule has 1 aromatic heterocycles. The summed E-state index contributed by atoms with van der Waals surface area (Å²) in [4.78, 5) is 11.6. The number of carbonyl (C=O) groups is 1. The van der Waals surface area contributed by atoms with Crippen LogP contribution < -0.4 is 10.1 Å². The van der Waals surface area contributed by atoms with E-state index in [9.17, 15) is 4.79 Å². The molecule has 0 fully saturated rings. The summed E-state index contributed by atoms with van der Waals surface area (Å²) in [5.74, 6) is 1.28. The molecule has 0 atom stereocenters. The molecule has 0 saturated heterocycles. The zero-order chi connectivity index (χ0) is 15.2. The van der Waals surface area contributed by atoms with Gasteiger partial charge in [0.15, 0.2) is 5.76 Å². The van der Waals surface area contributed by atoms with Gasteiger partial charge < -0.3 is 19.6 Å². The number of hydrogen-bond donors (Lipinski definition) is 2. The Bertz CT molecular complexity index is 598. The van der Waals surface area contributed by atoms with Crippen LogP contribution in [0.15, 0.2) is 34.7 Å². The maximum absolute atomic E-state index is 11.6. The summed E-state index contributed by atoms with van der Waals surface area (Å²) >= 11 is 0. The molecule has 2 aromatic rings. The Morgan fingerprint density at radius 2 is 1.95 bits per heavy atom. The molecule has 0 spiro atoms. The smallest absolute Gasteiger partial charge is 0.287 e. The van der Waals surface area contributed by atoms with E-state index in [1.54, 1.807) is 12.1 Å². The van der Waals surface area contributed by atoms with Crippen molar-refractivity contribution in [2.45, 2.75) is 20.5 Å². The molecule has 0 aliphatic rings. The van der Waals surface area contributed by atoms with Crippen LogP contribution in [0.3, 0.4) is 0 Å². The van der Waals surface area contributed by atoms with Crippen LogP contribution in [-0.2, 0) is 6.61 Å². The highest BCUT2D eigenvalue weighted by molar-refractivity contribution is 5.91. The zero-order valence-corrected chi connectivity index (χ0v) is 12.2. The van der Waals surface area contributed by atoms with Crippen LogP contribution in [0.1, 0.15) is 27.4 Å². The quantitative estimate of drug-likeness (QED) is 0.855. The third kappa shape index (κ3) is 3.86. The minimum atomic E-state index is -0.345. The number of rotatable bonds is 6. The predicted molar refractivity (Wildman–Crippen MR) is 78.4 cm³/mol. The molecule has 5 heteroatoms. The average Bonchev–Trinajstić information content (AvgIpc) is 2.93. The van der Waals surface area contributed by atoms with E-state index in [-0.39, 0.29) is 31.4 Å². The van der Waals surface area contributed by atoms with Gasteiger partial charge in [0.2, 0.25) is 0 Å². The molecular weight excluding hydrogens is 270 g/mol. The van der Waals surface area contributed by atoms with Crippen molar-refractivity contribution in [1.29, 1.82) is 0 Å². The van der Waals surface area contributed by atoms with Crippen LogP contribution in [0, 0.1) is 13.8 Å². The second-order valence-corrected chi connectivity index (χ2v) is 4.76. The number of carbonyl (C=O) groups excluding carboxylic acids is 1. The van der Waals surface area contributed by atoms with E-state index in [0.717, 1.165) is 16.9 Å². The van der Waals surface area contributed by atoms with E-state index in [4.69, 9.17) is 14.3 Å². The van der Waals surface area contributed by atoms with Gasteiger partial charge in [-0.15, -0.1) is 0 Å². The highest BCUT2D eigenvalue weighted by Crippen LogP contribution is 2.23. The van der Waals surface area contributed by atoms with Gasteiger partial charge in [0.1, 0.15) is 18.1 Å². The molecule has 0 saturated carbocycles. The highest BCUT2D eigenvalue weighted by atomic mass is 16.5. The number of furan rings is 1. The molecule has 0 aliphatic carbocycles. The molecule has 1 heterocycles. The Morgan fingerprint density at radius 3 is 2.62 bits per heavy atom. The van der Waals surface area contributed by atoms with Crippen molar-refractivity contribution in [3.8, 4) is 5.75 Å².